The van der Waals surface area contributed by atoms with Gasteiger partial charge in [-0.15, -0.1) is 0 Å². The largest absolute Gasteiger partial charge is 0.481 e. The second-order valence-corrected chi connectivity index (χ2v) is 5.74. The van der Waals surface area contributed by atoms with Crippen LogP contribution >= 0.6 is 0 Å². The van der Waals surface area contributed by atoms with Gasteiger partial charge in [0.2, 0.25) is 0 Å². The van der Waals surface area contributed by atoms with Gasteiger partial charge in [0.15, 0.2) is 0 Å². The van der Waals surface area contributed by atoms with Crippen LogP contribution < -0.4 is 0 Å². The molecule has 0 radical (unpaired) electrons. The van der Waals surface area contributed by atoms with Gasteiger partial charge in [0.1, 0.15) is 0 Å². The van der Waals surface area contributed by atoms with Gasteiger partial charge in [0.25, 0.3) is 0 Å². The van der Waals surface area contributed by atoms with Crippen molar-refractivity contribution in [1.82, 2.24) is 0 Å². The Balaban J connectivity index is 2.16. The van der Waals surface area contributed by atoms with E-state index in [1.54, 1.807) is 0 Å². The van der Waals surface area contributed by atoms with E-state index in [-0.39, 0.29) is 5.60 Å². The minimum atomic E-state index is -0.608. The molecule has 1 N–H and O–H groups in total. The molecule has 0 amide bonds. The third-order valence-corrected chi connectivity index (χ3v) is 5.23. The molecule has 1 saturated carbocycles. The molecule has 1 heterocycles. The van der Waals surface area contributed by atoms with E-state index < -0.39 is 11.4 Å². The summed E-state index contributed by atoms with van der Waals surface area (Å²) in [6.45, 7) is 4.78. The highest BCUT2D eigenvalue weighted by molar-refractivity contribution is 5.75. The first-order valence-electron chi connectivity index (χ1n) is 6.96. The highest BCUT2D eigenvalue weighted by Gasteiger charge is 2.50. The molecule has 2 fully saturated rings. The first kappa shape index (κ1) is 12.9. The number of ether oxygens (including phenoxy) is 1. The molecule has 1 saturated heterocycles. The Morgan fingerprint density at radius 1 is 1.41 bits per heavy atom. The van der Waals surface area contributed by atoms with Crippen molar-refractivity contribution >= 4 is 5.97 Å². The molecule has 98 valence electrons. The third kappa shape index (κ3) is 1.99. The van der Waals surface area contributed by atoms with Gasteiger partial charge < -0.3 is 9.84 Å². The van der Waals surface area contributed by atoms with E-state index in [1.165, 1.54) is 6.42 Å². The maximum atomic E-state index is 11.7. The maximum absolute atomic E-state index is 11.7. The fourth-order valence-electron chi connectivity index (χ4n) is 3.72. The third-order valence-electron chi connectivity index (χ3n) is 5.23. The monoisotopic (exact) mass is 240 g/mol. The Hall–Kier alpha value is -0.570. The summed E-state index contributed by atoms with van der Waals surface area (Å²) in [6.07, 6.45) is 6.85. The van der Waals surface area contributed by atoms with Crippen molar-refractivity contribution in [2.75, 3.05) is 6.61 Å². The molecule has 0 aromatic carbocycles. The Labute approximate surface area is 104 Å². The highest BCUT2D eigenvalue weighted by atomic mass is 16.5. The molecule has 1 unspecified atom stereocenters. The lowest BCUT2D eigenvalue weighted by Gasteiger charge is -2.51. The van der Waals surface area contributed by atoms with Gasteiger partial charge in [0.05, 0.1) is 11.0 Å². The number of hydrogen-bond donors (Lipinski definition) is 1. The highest BCUT2D eigenvalue weighted by Crippen LogP contribution is 2.51. The van der Waals surface area contributed by atoms with E-state index >= 15 is 0 Å². The number of carboxylic acids is 1. The first-order chi connectivity index (χ1) is 8.08. The van der Waals surface area contributed by atoms with Crippen molar-refractivity contribution in [1.29, 1.82) is 0 Å². The van der Waals surface area contributed by atoms with Crippen LogP contribution in [0.2, 0.25) is 0 Å². The lowest BCUT2D eigenvalue weighted by Crippen LogP contribution is -2.51. The summed E-state index contributed by atoms with van der Waals surface area (Å²) in [7, 11) is 0. The summed E-state index contributed by atoms with van der Waals surface area (Å²) in [5.74, 6) is -0.312. The predicted octanol–water partition coefficient (Wildman–Crippen LogP) is 3.23. The maximum Gasteiger partial charge on any atom is 0.309 e. The van der Waals surface area contributed by atoms with Crippen molar-refractivity contribution in [3.63, 3.8) is 0 Å². The molecule has 0 bridgehead atoms. The van der Waals surface area contributed by atoms with Gasteiger partial charge in [-0.2, -0.15) is 0 Å². The minimum absolute atomic E-state index is 0.0496. The van der Waals surface area contributed by atoms with Gasteiger partial charge in [0, 0.05) is 6.61 Å². The Kier molecular flexibility index (Phi) is 3.48. The molecular weight excluding hydrogens is 216 g/mol. The van der Waals surface area contributed by atoms with Crippen LogP contribution in [0, 0.1) is 11.3 Å². The summed E-state index contributed by atoms with van der Waals surface area (Å²) in [5.41, 5.74) is -0.472. The van der Waals surface area contributed by atoms with Crippen LogP contribution in [0.5, 0.6) is 0 Å². The molecule has 2 aliphatic rings. The van der Waals surface area contributed by atoms with Crippen molar-refractivity contribution in [2.24, 2.45) is 11.3 Å². The molecule has 0 aromatic heterocycles. The number of rotatable bonds is 4. The molecule has 1 aliphatic heterocycles. The molecule has 1 atom stereocenters. The van der Waals surface area contributed by atoms with Gasteiger partial charge in [-0.25, -0.2) is 0 Å². The van der Waals surface area contributed by atoms with Crippen molar-refractivity contribution in [2.45, 2.75) is 64.4 Å². The van der Waals surface area contributed by atoms with Crippen molar-refractivity contribution in [3.8, 4) is 0 Å². The number of carboxylic acid groups (broad SMARTS) is 1. The Morgan fingerprint density at radius 2 is 2.06 bits per heavy atom. The molecule has 1 aliphatic carbocycles. The molecule has 2 rings (SSSR count). The molecule has 3 nitrogen and oxygen atoms in total. The van der Waals surface area contributed by atoms with Gasteiger partial charge in [-0.1, -0.05) is 13.8 Å². The normalized spacial score (nSPS) is 27.8. The minimum Gasteiger partial charge on any atom is -0.481 e. The van der Waals surface area contributed by atoms with Crippen LogP contribution in [-0.4, -0.2) is 23.3 Å². The van der Waals surface area contributed by atoms with Gasteiger partial charge in [-0.05, 0) is 50.9 Å². The quantitative estimate of drug-likeness (QED) is 0.820. The number of carbonyl (C=O) groups is 1. The van der Waals surface area contributed by atoms with E-state index in [1.807, 2.05) is 13.8 Å². The topological polar surface area (TPSA) is 46.5 Å². The standard InChI is InChI=1S/C14H24O3/c1-3-14(4-2,12(15)16)11-6-9-17-13(10-11)7-5-8-13/h11H,3-10H2,1-2H3,(H,15,16). The zero-order chi connectivity index (χ0) is 12.5. The Morgan fingerprint density at radius 3 is 2.47 bits per heavy atom. The zero-order valence-corrected chi connectivity index (χ0v) is 11.0. The smallest absolute Gasteiger partial charge is 0.309 e. The van der Waals surface area contributed by atoms with E-state index in [2.05, 4.69) is 0 Å². The summed E-state index contributed by atoms with van der Waals surface area (Å²) < 4.78 is 5.90. The van der Waals surface area contributed by atoms with Crippen LogP contribution in [0.15, 0.2) is 0 Å². The molecule has 17 heavy (non-hydrogen) atoms. The van der Waals surface area contributed by atoms with Crippen LogP contribution in [0.1, 0.15) is 58.8 Å². The summed E-state index contributed by atoms with van der Waals surface area (Å²) >= 11 is 0. The van der Waals surface area contributed by atoms with Crippen molar-refractivity contribution in [3.05, 3.63) is 0 Å². The average molecular weight is 240 g/mol. The average Bonchev–Trinajstić information content (AvgIpc) is 2.29. The summed E-state index contributed by atoms with van der Waals surface area (Å²) in [5, 5.41) is 9.60. The summed E-state index contributed by atoms with van der Waals surface area (Å²) in [4.78, 5) is 11.7. The number of aliphatic carboxylic acids is 1. The van der Waals surface area contributed by atoms with Crippen LogP contribution in [-0.2, 0) is 9.53 Å². The van der Waals surface area contributed by atoms with Crippen molar-refractivity contribution < 1.29 is 14.6 Å². The van der Waals surface area contributed by atoms with Crippen LogP contribution in [0.25, 0.3) is 0 Å². The van der Waals surface area contributed by atoms with Gasteiger partial charge in [-0.3, -0.25) is 4.79 Å². The fourth-order valence-corrected chi connectivity index (χ4v) is 3.72. The molecular formula is C14H24O3. The first-order valence-corrected chi connectivity index (χ1v) is 6.96. The molecule has 0 aromatic rings. The fraction of sp³-hybridized carbons (Fsp3) is 0.929. The SMILES string of the molecule is CCC(CC)(C(=O)O)C1CCOC2(CCC2)C1. The van der Waals surface area contributed by atoms with E-state index in [0.717, 1.165) is 45.1 Å². The van der Waals surface area contributed by atoms with Crippen LogP contribution in [0.4, 0.5) is 0 Å². The van der Waals surface area contributed by atoms with E-state index in [0.29, 0.717) is 5.92 Å². The van der Waals surface area contributed by atoms with E-state index in [4.69, 9.17) is 4.74 Å². The summed E-state index contributed by atoms with van der Waals surface area (Å²) in [6, 6.07) is 0. The van der Waals surface area contributed by atoms with E-state index in [9.17, 15) is 9.90 Å². The lowest BCUT2D eigenvalue weighted by atomic mass is 9.62. The second-order valence-electron chi connectivity index (χ2n) is 5.74. The van der Waals surface area contributed by atoms with Gasteiger partial charge >= 0.3 is 5.97 Å². The molecule has 1 spiro atoms. The Bertz CT molecular complexity index is 290. The van der Waals surface area contributed by atoms with Crippen LogP contribution in [0.3, 0.4) is 0 Å². The number of hydrogen-bond acceptors (Lipinski definition) is 2. The second kappa shape index (κ2) is 4.60. The molecule has 3 heteroatoms. The predicted molar refractivity (Wildman–Crippen MR) is 65.9 cm³/mol. The lowest BCUT2D eigenvalue weighted by molar-refractivity contribution is -0.177. The zero-order valence-electron chi connectivity index (χ0n) is 11.0.